The van der Waals surface area contributed by atoms with E-state index in [1.165, 1.54) is 0 Å². The predicted octanol–water partition coefficient (Wildman–Crippen LogP) is 1.23. The molecule has 0 aliphatic carbocycles. The first kappa shape index (κ1) is 12.1. The van der Waals surface area contributed by atoms with Crippen LogP contribution in [0.5, 0.6) is 0 Å². The average molecular weight is 238 g/mol. The van der Waals surface area contributed by atoms with E-state index in [4.69, 9.17) is 9.84 Å². The number of aromatic amines is 1. The van der Waals surface area contributed by atoms with Gasteiger partial charge in [-0.3, -0.25) is 0 Å². The van der Waals surface area contributed by atoms with Gasteiger partial charge < -0.3 is 20.1 Å². The van der Waals surface area contributed by atoms with Crippen LogP contribution in [0.15, 0.2) is 12.3 Å². The van der Waals surface area contributed by atoms with Gasteiger partial charge in [0.2, 0.25) is 0 Å². The Morgan fingerprint density at radius 2 is 2.59 bits per heavy atom. The molecule has 1 aliphatic heterocycles. The normalized spacial score (nSPS) is 21.6. The monoisotopic (exact) mass is 238 g/mol. The number of hydrogen-bond donors (Lipinski definition) is 3. The van der Waals surface area contributed by atoms with Gasteiger partial charge in [0.15, 0.2) is 0 Å². The lowest BCUT2D eigenvalue weighted by Gasteiger charge is -2.19. The van der Waals surface area contributed by atoms with Gasteiger partial charge in [-0.05, 0) is 25.3 Å². The van der Waals surface area contributed by atoms with Crippen molar-refractivity contribution < 1.29 is 14.6 Å². The number of ether oxygens (including phenoxy) is 1. The smallest absolute Gasteiger partial charge is 0.337 e. The molecule has 94 valence electrons. The van der Waals surface area contributed by atoms with Crippen molar-refractivity contribution in [1.29, 1.82) is 0 Å². The summed E-state index contributed by atoms with van der Waals surface area (Å²) in [5.74, 6) is -0.363. The third kappa shape index (κ3) is 2.87. The zero-order valence-electron chi connectivity index (χ0n) is 9.90. The van der Waals surface area contributed by atoms with Gasteiger partial charge in [-0.15, -0.1) is 0 Å². The highest BCUT2D eigenvalue weighted by Gasteiger charge is 2.22. The number of nitrogens with one attached hydrogen (secondary N) is 2. The van der Waals surface area contributed by atoms with Crippen molar-refractivity contribution in [2.45, 2.75) is 25.9 Å². The third-order valence-electron chi connectivity index (χ3n) is 3.34. The quantitative estimate of drug-likeness (QED) is 0.721. The fourth-order valence-corrected chi connectivity index (χ4v) is 2.13. The molecule has 1 aromatic rings. The summed E-state index contributed by atoms with van der Waals surface area (Å²) in [6, 6.07) is 1.92. The molecule has 1 saturated heterocycles. The van der Waals surface area contributed by atoms with E-state index in [1.807, 2.05) is 0 Å². The number of aromatic carboxylic acids is 1. The summed E-state index contributed by atoms with van der Waals surface area (Å²) >= 11 is 0. The van der Waals surface area contributed by atoms with E-state index in [9.17, 15) is 4.79 Å². The molecular formula is C12H18N2O3. The summed E-state index contributed by atoms with van der Waals surface area (Å²) in [5.41, 5.74) is 1.07. The first-order valence-electron chi connectivity index (χ1n) is 5.89. The molecule has 0 aromatic carbocycles. The molecule has 1 aliphatic rings. The highest BCUT2D eigenvalue weighted by molar-refractivity contribution is 5.88. The average Bonchev–Trinajstić information content (AvgIpc) is 2.96. The topological polar surface area (TPSA) is 74.4 Å². The minimum atomic E-state index is -0.889. The van der Waals surface area contributed by atoms with Crippen molar-refractivity contribution in [2.24, 2.45) is 5.92 Å². The molecule has 1 fully saturated rings. The van der Waals surface area contributed by atoms with Gasteiger partial charge in [0.05, 0.1) is 12.2 Å². The van der Waals surface area contributed by atoms with Gasteiger partial charge in [-0.25, -0.2) is 4.79 Å². The van der Waals surface area contributed by atoms with Crippen molar-refractivity contribution >= 4 is 5.97 Å². The minimum Gasteiger partial charge on any atom is -0.478 e. The molecule has 0 amide bonds. The van der Waals surface area contributed by atoms with E-state index in [2.05, 4.69) is 17.2 Å². The Hall–Kier alpha value is -1.33. The number of hydrogen-bond acceptors (Lipinski definition) is 3. The van der Waals surface area contributed by atoms with Crippen LogP contribution in [0.4, 0.5) is 0 Å². The standard InChI is InChI=1S/C12H18N2O3/c1-8(9-3-5-17-7-9)14-6-11-10(12(15)16)2-4-13-11/h2,4,8-9,13-14H,3,5-7H2,1H3,(H,15,16). The first-order chi connectivity index (χ1) is 8.18. The van der Waals surface area contributed by atoms with Gasteiger partial charge in [0, 0.05) is 31.1 Å². The molecule has 0 saturated carbocycles. The molecule has 17 heavy (non-hydrogen) atoms. The molecule has 5 nitrogen and oxygen atoms in total. The predicted molar refractivity (Wildman–Crippen MR) is 63.0 cm³/mol. The van der Waals surface area contributed by atoms with Crippen LogP contribution in [0.25, 0.3) is 0 Å². The highest BCUT2D eigenvalue weighted by atomic mass is 16.5. The van der Waals surface area contributed by atoms with E-state index in [0.717, 1.165) is 25.3 Å². The maximum Gasteiger partial charge on any atom is 0.337 e. The van der Waals surface area contributed by atoms with Crippen LogP contribution in [0, 0.1) is 5.92 Å². The Labute approximate surface area is 100 Å². The molecule has 5 heteroatoms. The lowest BCUT2D eigenvalue weighted by atomic mass is 10.0. The van der Waals surface area contributed by atoms with Crippen molar-refractivity contribution in [2.75, 3.05) is 13.2 Å². The zero-order chi connectivity index (χ0) is 12.3. The van der Waals surface area contributed by atoms with Crippen molar-refractivity contribution in [1.82, 2.24) is 10.3 Å². The van der Waals surface area contributed by atoms with E-state index in [0.29, 0.717) is 24.1 Å². The van der Waals surface area contributed by atoms with Gasteiger partial charge in [-0.2, -0.15) is 0 Å². The summed E-state index contributed by atoms with van der Waals surface area (Å²) in [4.78, 5) is 13.9. The first-order valence-corrected chi connectivity index (χ1v) is 5.89. The van der Waals surface area contributed by atoms with Crippen molar-refractivity contribution in [3.63, 3.8) is 0 Å². The van der Waals surface area contributed by atoms with Crippen LogP contribution in [-0.4, -0.2) is 35.3 Å². The number of H-pyrrole nitrogens is 1. The number of carboxylic acids is 1. The lowest BCUT2D eigenvalue weighted by molar-refractivity contribution is 0.0695. The lowest BCUT2D eigenvalue weighted by Crippen LogP contribution is -2.33. The number of rotatable bonds is 5. The summed E-state index contributed by atoms with van der Waals surface area (Å²) in [5, 5.41) is 12.3. The Morgan fingerprint density at radius 3 is 3.24 bits per heavy atom. The second-order valence-corrected chi connectivity index (χ2v) is 4.47. The summed E-state index contributed by atoms with van der Waals surface area (Å²) < 4.78 is 5.34. The fourth-order valence-electron chi connectivity index (χ4n) is 2.13. The fraction of sp³-hybridized carbons (Fsp3) is 0.583. The number of carbonyl (C=O) groups is 1. The van der Waals surface area contributed by atoms with E-state index < -0.39 is 5.97 Å². The van der Waals surface area contributed by atoms with Crippen LogP contribution in [0.3, 0.4) is 0 Å². The van der Waals surface area contributed by atoms with Crippen LogP contribution in [-0.2, 0) is 11.3 Å². The molecule has 2 unspecified atom stereocenters. The largest absolute Gasteiger partial charge is 0.478 e. The summed E-state index contributed by atoms with van der Waals surface area (Å²) in [7, 11) is 0. The highest BCUT2D eigenvalue weighted by Crippen LogP contribution is 2.17. The zero-order valence-corrected chi connectivity index (χ0v) is 9.90. The molecule has 2 rings (SSSR count). The molecule has 0 radical (unpaired) electrons. The molecule has 0 bridgehead atoms. The Kier molecular flexibility index (Phi) is 3.81. The molecule has 2 heterocycles. The number of aromatic nitrogens is 1. The summed E-state index contributed by atoms with van der Waals surface area (Å²) in [6.45, 7) is 4.29. The summed E-state index contributed by atoms with van der Waals surface area (Å²) in [6.07, 6.45) is 2.73. The number of carboxylic acid groups (broad SMARTS) is 1. The molecule has 0 spiro atoms. The maximum atomic E-state index is 10.9. The minimum absolute atomic E-state index is 0.336. The van der Waals surface area contributed by atoms with E-state index >= 15 is 0 Å². The Bertz CT molecular complexity index is 383. The Balaban J connectivity index is 1.88. The molecular weight excluding hydrogens is 220 g/mol. The van der Waals surface area contributed by atoms with Crippen molar-refractivity contribution in [3.8, 4) is 0 Å². The van der Waals surface area contributed by atoms with Gasteiger partial charge >= 0.3 is 5.97 Å². The third-order valence-corrected chi connectivity index (χ3v) is 3.34. The molecule has 1 aromatic heterocycles. The van der Waals surface area contributed by atoms with Gasteiger partial charge in [-0.1, -0.05) is 0 Å². The van der Waals surface area contributed by atoms with Crippen LogP contribution in [0.2, 0.25) is 0 Å². The van der Waals surface area contributed by atoms with Gasteiger partial charge in [0.1, 0.15) is 0 Å². The second kappa shape index (κ2) is 5.33. The van der Waals surface area contributed by atoms with E-state index in [-0.39, 0.29) is 0 Å². The van der Waals surface area contributed by atoms with E-state index in [1.54, 1.807) is 12.3 Å². The molecule has 2 atom stereocenters. The maximum absolute atomic E-state index is 10.9. The van der Waals surface area contributed by atoms with Crippen molar-refractivity contribution in [3.05, 3.63) is 23.5 Å². The molecule has 3 N–H and O–H groups in total. The second-order valence-electron chi connectivity index (χ2n) is 4.47. The Morgan fingerprint density at radius 1 is 1.76 bits per heavy atom. The van der Waals surface area contributed by atoms with Crippen LogP contribution in [0.1, 0.15) is 29.4 Å². The van der Waals surface area contributed by atoms with Gasteiger partial charge in [0.25, 0.3) is 0 Å². The SMILES string of the molecule is CC(NCc1[nH]ccc1C(=O)O)C1CCOC1. The van der Waals surface area contributed by atoms with Crippen LogP contribution < -0.4 is 5.32 Å². The van der Waals surface area contributed by atoms with Crippen LogP contribution >= 0.6 is 0 Å².